The Morgan fingerprint density at radius 3 is 2.56 bits per heavy atom. The quantitative estimate of drug-likeness (QED) is 0.751. The molecule has 18 heavy (non-hydrogen) atoms. The van der Waals surface area contributed by atoms with Crippen LogP contribution in [0.2, 0.25) is 0 Å². The number of hydrogen-bond acceptors (Lipinski definition) is 5. The van der Waals surface area contributed by atoms with Gasteiger partial charge in [0.25, 0.3) is 0 Å². The molecular formula is C10H18NO5PS. The van der Waals surface area contributed by atoms with Gasteiger partial charge in [0.1, 0.15) is 5.76 Å². The summed E-state index contributed by atoms with van der Waals surface area (Å²) in [6.45, 7) is 3.35. The largest absolute Gasteiger partial charge is 0.467 e. The van der Waals surface area contributed by atoms with Gasteiger partial charge in [0.15, 0.2) is 5.78 Å². The van der Waals surface area contributed by atoms with E-state index in [0.717, 1.165) is 10.6 Å². The Kier molecular flexibility index (Phi) is 4.78. The topological polar surface area (TPSA) is 76.8 Å². The van der Waals surface area contributed by atoms with Gasteiger partial charge < -0.3 is 8.94 Å². The molecule has 0 amide bonds. The van der Waals surface area contributed by atoms with Crippen molar-refractivity contribution in [3.8, 4) is 0 Å². The van der Waals surface area contributed by atoms with Gasteiger partial charge >= 0.3 is 0 Å². The fourth-order valence-corrected chi connectivity index (χ4v) is 5.00. The van der Waals surface area contributed by atoms with E-state index in [1.165, 1.54) is 20.0 Å². The predicted molar refractivity (Wildman–Crippen MR) is 69.2 cm³/mol. The first-order chi connectivity index (χ1) is 8.20. The molecule has 0 bridgehead atoms. The molecule has 0 radical (unpaired) electrons. The Bertz CT molecular complexity index is 524. The minimum Gasteiger partial charge on any atom is -0.467 e. The third-order valence-electron chi connectivity index (χ3n) is 2.49. The standard InChI is InChI=1S/C10H18NO5PS/c1-5-16-17(3,12)10(9-7-6-8-15-9)11(2)18(4,13)14/h6-8,10H,5H2,1-4H3/t10-,17+/m1/s1. The molecule has 1 rings (SSSR count). The van der Waals surface area contributed by atoms with Gasteiger partial charge in [-0.05, 0) is 19.1 Å². The fraction of sp³-hybridized carbons (Fsp3) is 0.600. The molecule has 104 valence electrons. The summed E-state index contributed by atoms with van der Waals surface area (Å²) < 4.78 is 47.2. The molecule has 0 spiro atoms. The van der Waals surface area contributed by atoms with E-state index in [0.29, 0.717) is 5.76 Å². The molecule has 1 aromatic rings. The molecule has 0 aliphatic heterocycles. The molecule has 1 heterocycles. The molecule has 0 aliphatic carbocycles. The van der Waals surface area contributed by atoms with Crippen molar-refractivity contribution in [2.75, 3.05) is 26.6 Å². The second-order valence-electron chi connectivity index (χ2n) is 3.99. The highest BCUT2D eigenvalue weighted by Gasteiger charge is 2.39. The summed E-state index contributed by atoms with van der Waals surface area (Å²) >= 11 is 0. The second-order valence-corrected chi connectivity index (χ2v) is 8.60. The molecule has 0 unspecified atom stereocenters. The lowest BCUT2D eigenvalue weighted by Crippen LogP contribution is -2.30. The monoisotopic (exact) mass is 295 g/mol. The normalized spacial score (nSPS) is 17.6. The van der Waals surface area contributed by atoms with E-state index >= 15 is 0 Å². The summed E-state index contributed by atoms with van der Waals surface area (Å²) in [4.78, 5) is 0. The Hall–Kier alpha value is -0.620. The van der Waals surface area contributed by atoms with E-state index in [4.69, 9.17) is 8.94 Å². The van der Waals surface area contributed by atoms with E-state index < -0.39 is 23.2 Å². The molecule has 0 saturated carbocycles. The molecule has 2 atom stereocenters. The minimum absolute atomic E-state index is 0.239. The smallest absolute Gasteiger partial charge is 0.225 e. The van der Waals surface area contributed by atoms with Gasteiger partial charge in [-0.15, -0.1) is 0 Å². The predicted octanol–water partition coefficient (Wildman–Crippen LogP) is 2.11. The van der Waals surface area contributed by atoms with Gasteiger partial charge in [-0.3, -0.25) is 4.57 Å². The minimum atomic E-state index is -3.51. The van der Waals surface area contributed by atoms with Gasteiger partial charge in [-0.2, -0.15) is 4.31 Å². The lowest BCUT2D eigenvalue weighted by Gasteiger charge is -2.29. The van der Waals surface area contributed by atoms with Gasteiger partial charge in [0.05, 0.1) is 19.1 Å². The van der Waals surface area contributed by atoms with E-state index in [1.807, 2.05) is 0 Å². The van der Waals surface area contributed by atoms with E-state index in [2.05, 4.69) is 0 Å². The van der Waals surface area contributed by atoms with Crippen molar-refractivity contribution in [3.05, 3.63) is 24.2 Å². The third kappa shape index (κ3) is 3.45. The average molecular weight is 295 g/mol. The zero-order valence-electron chi connectivity index (χ0n) is 10.9. The van der Waals surface area contributed by atoms with Gasteiger partial charge in [-0.25, -0.2) is 8.42 Å². The van der Waals surface area contributed by atoms with Crippen LogP contribution in [-0.4, -0.2) is 39.3 Å². The van der Waals surface area contributed by atoms with Gasteiger partial charge in [-0.1, -0.05) is 0 Å². The Balaban J connectivity index is 3.24. The van der Waals surface area contributed by atoms with E-state index in [-0.39, 0.29) is 6.61 Å². The van der Waals surface area contributed by atoms with Crippen molar-refractivity contribution in [1.82, 2.24) is 4.31 Å². The maximum Gasteiger partial charge on any atom is 0.225 e. The van der Waals surface area contributed by atoms with Crippen LogP contribution in [-0.2, 0) is 19.1 Å². The zero-order chi connectivity index (χ0) is 14.0. The molecule has 0 N–H and O–H groups in total. The van der Waals surface area contributed by atoms with Crippen LogP contribution in [0.3, 0.4) is 0 Å². The van der Waals surface area contributed by atoms with Crippen LogP contribution in [0.1, 0.15) is 18.5 Å². The van der Waals surface area contributed by atoms with Crippen LogP contribution in [0.15, 0.2) is 22.8 Å². The van der Waals surface area contributed by atoms with Crippen molar-refractivity contribution in [1.29, 1.82) is 0 Å². The highest BCUT2D eigenvalue weighted by Crippen LogP contribution is 2.58. The first-order valence-corrected chi connectivity index (χ1v) is 9.37. The summed E-state index contributed by atoms with van der Waals surface area (Å²) in [5.74, 6) is -0.635. The fourth-order valence-electron chi connectivity index (χ4n) is 1.65. The molecule has 0 aromatic carbocycles. The van der Waals surface area contributed by atoms with Crippen molar-refractivity contribution in [3.63, 3.8) is 0 Å². The summed E-state index contributed by atoms with van der Waals surface area (Å²) in [6.07, 6.45) is 2.46. The first kappa shape index (κ1) is 15.4. The summed E-state index contributed by atoms with van der Waals surface area (Å²) in [5.41, 5.74) is 0. The number of nitrogens with zero attached hydrogens (tertiary/aromatic N) is 1. The van der Waals surface area contributed by atoms with Gasteiger partial charge in [0, 0.05) is 13.7 Å². The molecule has 8 heteroatoms. The molecule has 0 fully saturated rings. The first-order valence-electron chi connectivity index (χ1n) is 5.38. The number of furan rings is 1. The van der Waals surface area contributed by atoms with Crippen LogP contribution in [0, 0.1) is 0 Å². The van der Waals surface area contributed by atoms with Crippen molar-refractivity contribution in [2.45, 2.75) is 12.7 Å². The van der Waals surface area contributed by atoms with E-state index in [9.17, 15) is 13.0 Å². The average Bonchev–Trinajstić information content (AvgIpc) is 2.68. The number of rotatable bonds is 6. The third-order valence-corrected chi connectivity index (χ3v) is 6.17. The highest BCUT2D eigenvalue weighted by atomic mass is 32.2. The molecule has 0 aliphatic rings. The maximum absolute atomic E-state index is 12.5. The molecule has 0 saturated heterocycles. The van der Waals surface area contributed by atoms with Crippen molar-refractivity contribution >= 4 is 17.4 Å². The van der Waals surface area contributed by atoms with Crippen molar-refractivity contribution in [2.24, 2.45) is 0 Å². The maximum atomic E-state index is 12.5. The number of hydrogen-bond donors (Lipinski definition) is 0. The Morgan fingerprint density at radius 2 is 2.17 bits per heavy atom. The second kappa shape index (κ2) is 5.57. The van der Waals surface area contributed by atoms with Crippen molar-refractivity contribution < 1.29 is 21.9 Å². The lowest BCUT2D eigenvalue weighted by molar-refractivity contribution is 0.295. The summed E-state index contributed by atoms with van der Waals surface area (Å²) in [6, 6.07) is 3.20. The lowest BCUT2D eigenvalue weighted by atomic mass is 10.4. The van der Waals surface area contributed by atoms with Crippen LogP contribution < -0.4 is 0 Å². The summed E-state index contributed by atoms with van der Waals surface area (Å²) in [5, 5.41) is 0. The molecule has 6 nitrogen and oxygen atoms in total. The van der Waals surface area contributed by atoms with E-state index in [1.54, 1.807) is 19.1 Å². The van der Waals surface area contributed by atoms with Crippen LogP contribution in [0.25, 0.3) is 0 Å². The van der Waals surface area contributed by atoms with Gasteiger partial charge in [0.2, 0.25) is 17.4 Å². The SMILES string of the molecule is CCO[P@](C)(=O)[C@H](c1ccco1)N(C)S(C)(=O)=O. The molecule has 1 aromatic heterocycles. The molecular weight excluding hydrogens is 277 g/mol. The highest BCUT2D eigenvalue weighted by molar-refractivity contribution is 7.88. The van der Waals surface area contributed by atoms with Crippen LogP contribution in [0.4, 0.5) is 0 Å². The Morgan fingerprint density at radius 1 is 1.56 bits per heavy atom. The van der Waals surface area contributed by atoms with Crippen LogP contribution in [0.5, 0.6) is 0 Å². The zero-order valence-corrected chi connectivity index (χ0v) is 12.6. The summed E-state index contributed by atoms with van der Waals surface area (Å²) in [7, 11) is -5.34. The van der Waals surface area contributed by atoms with Crippen LogP contribution >= 0.6 is 7.37 Å². The Labute approximate surface area is 107 Å². The number of sulfonamides is 1.